The molecule has 98 valence electrons. The number of hydrogen-bond donors (Lipinski definition) is 1. The fraction of sp³-hybridized carbons (Fsp3) is 0.0769. The van der Waals surface area contributed by atoms with E-state index in [0.29, 0.717) is 6.29 Å². The lowest BCUT2D eigenvalue weighted by atomic mass is 10.0. The van der Waals surface area contributed by atoms with Gasteiger partial charge in [0.1, 0.15) is 0 Å². The molecule has 6 heteroatoms. The zero-order valence-corrected chi connectivity index (χ0v) is 9.61. The van der Waals surface area contributed by atoms with E-state index in [0.717, 1.165) is 12.1 Å². The zero-order chi connectivity index (χ0) is 14.0. The highest BCUT2D eigenvalue weighted by Gasteiger charge is 2.30. The van der Waals surface area contributed by atoms with Crippen molar-refractivity contribution in [3.05, 3.63) is 47.7 Å². The second kappa shape index (κ2) is 4.72. The van der Waals surface area contributed by atoms with Crippen molar-refractivity contribution in [2.24, 2.45) is 0 Å². The van der Waals surface area contributed by atoms with Crippen LogP contribution in [0.25, 0.3) is 11.3 Å². The van der Waals surface area contributed by atoms with E-state index in [1.165, 1.54) is 24.4 Å². The summed E-state index contributed by atoms with van der Waals surface area (Å²) >= 11 is 0. The number of carbonyl (C=O) groups is 1. The number of nitrogens with zero attached hydrogens (tertiary/aromatic N) is 1. The molecule has 1 heterocycles. The monoisotopic (exact) mass is 266 g/mol. The van der Waals surface area contributed by atoms with Crippen molar-refractivity contribution >= 4 is 12.0 Å². The molecule has 0 saturated carbocycles. The van der Waals surface area contributed by atoms with Crippen molar-refractivity contribution < 1.29 is 18.0 Å². The lowest BCUT2D eigenvalue weighted by Crippen LogP contribution is -2.05. The second-order valence-corrected chi connectivity index (χ2v) is 3.86. The number of pyridine rings is 1. The Morgan fingerprint density at radius 3 is 2.58 bits per heavy atom. The molecule has 0 amide bonds. The number of hydrogen-bond acceptors (Lipinski definition) is 3. The van der Waals surface area contributed by atoms with E-state index in [4.69, 9.17) is 5.73 Å². The topological polar surface area (TPSA) is 56.0 Å². The van der Waals surface area contributed by atoms with Crippen molar-refractivity contribution in [3.8, 4) is 11.3 Å². The highest BCUT2D eigenvalue weighted by molar-refractivity contribution is 5.92. The minimum absolute atomic E-state index is 0.0850. The van der Waals surface area contributed by atoms with Gasteiger partial charge in [0.25, 0.3) is 0 Å². The lowest BCUT2D eigenvalue weighted by molar-refractivity contribution is -0.137. The fourth-order valence-corrected chi connectivity index (χ4v) is 1.68. The van der Waals surface area contributed by atoms with Crippen LogP contribution in [-0.2, 0) is 6.18 Å². The van der Waals surface area contributed by atoms with Gasteiger partial charge in [-0.1, -0.05) is 12.1 Å². The van der Waals surface area contributed by atoms with Gasteiger partial charge in [0.15, 0.2) is 6.29 Å². The first-order chi connectivity index (χ1) is 8.93. The molecule has 0 unspecified atom stereocenters. The van der Waals surface area contributed by atoms with Crippen molar-refractivity contribution in [1.29, 1.82) is 0 Å². The SMILES string of the molecule is Nc1ccnc(-c2cccc(C(F)(F)F)c2)c1C=O. The third kappa shape index (κ3) is 2.57. The van der Waals surface area contributed by atoms with Crippen LogP contribution in [0.2, 0.25) is 0 Å². The Bertz CT molecular complexity index is 624. The standard InChI is InChI=1S/C13H9F3N2O/c14-13(15,16)9-3-1-2-8(6-9)12-10(7-19)11(17)4-5-18-12/h1-7H,(H2,17,18). The molecule has 2 aromatic rings. The third-order valence-electron chi connectivity index (χ3n) is 2.61. The highest BCUT2D eigenvalue weighted by atomic mass is 19.4. The molecule has 0 aliphatic heterocycles. The van der Waals surface area contributed by atoms with Crippen LogP contribution < -0.4 is 5.73 Å². The molecule has 0 aliphatic carbocycles. The molecule has 2 rings (SSSR count). The smallest absolute Gasteiger partial charge is 0.398 e. The molecule has 19 heavy (non-hydrogen) atoms. The summed E-state index contributed by atoms with van der Waals surface area (Å²) in [6, 6.07) is 6.02. The summed E-state index contributed by atoms with van der Waals surface area (Å²) in [4.78, 5) is 14.9. The molecule has 1 aromatic carbocycles. The first kappa shape index (κ1) is 13.1. The number of anilines is 1. The quantitative estimate of drug-likeness (QED) is 0.849. The lowest BCUT2D eigenvalue weighted by Gasteiger charge is -2.10. The highest BCUT2D eigenvalue weighted by Crippen LogP contribution is 2.32. The molecule has 2 N–H and O–H groups in total. The molecule has 0 atom stereocenters. The molecular weight excluding hydrogens is 257 g/mol. The van der Waals surface area contributed by atoms with Gasteiger partial charge in [0, 0.05) is 17.4 Å². The molecule has 0 saturated heterocycles. The van der Waals surface area contributed by atoms with E-state index in [9.17, 15) is 18.0 Å². The van der Waals surface area contributed by atoms with Gasteiger partial charge in [0.2, 0.25) is 0 Å². The van der Waals surface area contributed by atoms with Crippen molar-refractivity contribution in [2.45, 2.75) is 6.18 Å². The van der Waals surface area contributed by atoms with Gasteiger partial charge in [-0.05, 0) is 18.2 Å². The summed E-state index contributed by atoms with van der Waals surface area (Å²) < 4.78 is 37.9. The van der Waals surface area contributed by atoms with E-state index >= 15 is 0 Å². The van der Waals surface area contributed by atoms with Gasteiger partial charge in [0.05, 0.1) is 16.8 Å². The van der Waals surface area contributed by atoms with Crippen LogP contribution in [0.15, 0.2) is 36.5 Å². The van der Waals surface area contributed by atoms with Gasteiger partial charge >= 0.3 is 6.18 Å². The first-order valence-corrected chi connectivity index (χ1v) is 5.31. The Hall–Kier alpha value is -2.37. The normalized spacial score (nSPS) is 11.3. The Balaban J connectivity index is 2.60. The van der Waals surface area contributed by atoms with E-state index in [1.807, 2.05) is 0 Å². The summed E-state index contributed by atoms with van der Waals surface area (Å²) in [5, 5.41) is 0. The van der Waals surface area contributed by atoms with Gasteiger partial charge in [-0.25, -0.2) is 0 Å². The number of alkyl halides is 3. The maximum Gasteiger partial charge on any atom is 0.416 e. The summed E-state index contributed by atoms with van der Waals surface area (Å²) in [7, 11) is 0. The van der Waals surface area contributed by atoms with Gasteiger partial charge in [-0.2, -0.15) is 13.2 Å². The largest absolute Gasteiger partial charge is 0.416 e. The van der Waals surface area contributed by atoms with Crippen LogP contribution >= 0.6 is 0 Å². The number of nitrogen functional groups attached to an aromatic ring is 1. The van der Waals surface area contributed by atoms with Crippen LogP contribution in [0.1, 0.15) is 15.9 Å². The van der Waals surface area contributed by atoms with E-state index in [1.54, 1.807) is 0 Å². The van der Waals surface area contributed by atoms with Gasteiger partial charge in [-0.15, -0.1) is 0 Å². The number of nitrogens with two attached hydrogens (primary N) is 1. The summed E-state index contributed by atoms with van der Waals surface area (Å²) in [5.41, 5.74) is 5.40. The minimum atomic E-state index is -4.45. The molecular formula is C13H9F3N2O. The molecule has 0 spiro atoms. The Morgan fingerprint density at radius 1 is 1.21 bits per heavy atom. The first-order valence-electron chi connectivity index (χ1n) is 5.31. The van der Waals surface area contributed by atoms with Crippen LogP contribution in [0.4, 0.5) is 18.9 Å². The van der Waals surface area contributed by atoms with Crippen molar-refractivity contribution in [2.75, 3.05) is 5.73 Å². The van der Waals surface area contributed by atoms with E-state index in [2.05, 4.69) is 4.98 Å². The number of rotatable bonds is 2. The van der Waals surface area contributed by atoms with Crippen LogP contribution in [0.3, 0.4) is 0 Å². The fourth-order valence-electron chi connectivity index (χ4n) is 1.68. The third-order valence-corrected chi connectivity index (χ3v) is 2.61. The van der Waals surface area contributed by atoms with Gasteiger partial charge < -0.3 is 5.73 Å². The van der Waals surface area contributed by atoms with E-state index < -0.39 is 11.7 Å². The van der Waals surface area contributed by atoms with E-state index in [-0.39, 0.29) is 22.5 Å². The van der Waals surface area contributed by atoms with Crippen molar-refractivity contribution in [1.82, 2.24) is 4.98 Å². The average Bonchev–Trinajstić information content (AvgIpc) is 2.37. The maximum atomic E-state index is 12.6. The number of halogens is 3. The summed E-state index contributed by atoms with van der Waals surface area (Å²) in [6.07, 6.45) is -2.62. The van der Waals surface area contributed by atoms with Gasteiger partial charge in [-0.3, -0.25) is 9.78 Å². The van der Waals surface area contributed by atoms with Crippen LogP contribution in [0.5, 0.6) is 0 Å². The van der Waals surface area contributed by atoms with Crippen LogP contribution in [0, 0.1) is 0 Å². The Morgan fingerprint density at radius 2 is 1.95 bits per heavy atom. The summed E-state index contributed by atoms with van der Waals surface area (Å²) in [5.74, 6) is 0. The number of carbonyl (C=O) groups excluding carboxylic acids is 1. The molecule has 3 nitrogen and oxygen atoms in total. The molecule has 0 radical (unpaired) electrons. The zero-order valence-electron chi connectivity index (χ0n) is 9.61. The molecule has 0 fully saturated rings. The summed E-state index contributed by atoms with van der Waals surface area (Å²) in [6.45, 7) is 0. The predicted molar refractivity (Wildman–Crippen MR) is 64.5 cm³/mol. The van der Waals surface area contributed by atoms with Crippen LogP contribution in [-0.4, -0.2) is 11.3 Å². The predicted octanol–water partition coefficient (Wildman–Crippen LogP) is 3.16. The maximum absolute atomic E-state index is 12.6. The average molecular weight is 266 g/mol. The second-order valence-electron chi connectivity index (χ2n) is 3.86. The molecule has 0 bridgehead atoms. The van der Waals surface area contributed by atoms with Crippen molar-refractivity contribution in [3.63, 3.8) is 0 Å². The molecule has 1 aromatic heterocycles. The Kier molecular flexibility index (Phi) is 3.25. The Labute approximate surface area is 106 Å². The number of benzene rings is 1. The number of aldehydes is 1. The minimum Gasteiger partial charge on any atom is -0.398 e. The molecule has 0 aliphatic rings. The number of aromatic nitrogens is 1.